The molecule has 0 aliphatic heterocycles. The summed E-state index contributed by atoms with van der Waals surface area (Å²) in [6.45, 7) is 1.99. The van der Waals surface area contributed by atoms with E-state index >= 15 is 0 Å². The highest BCUT2D eigenvalue weighted by Crippen LogP contribution is 2.21. The number of aryl methyl sites for hydroxylation is 1. The molecule has 1 aromatic carbocycles. The second-order valence-electron chi connectivity index (χ2n) is 4.26. The van der Waals surface area contributed by atoms with Gasteiger partial charge in [0.25, 0.3) is 0 Å². The van der Waals surface area contributed by atoms with Crippen molar-refractivity contribution in [1.29, 1.82) is 0 Å². The normalized spacial score (nSPS) is 10.6. The van der Waals surface area contributed by atoms with Crippen LogP contribution in [0.25, 0.3) is 16.9 Å². The van der Waals surface area contributed by atoms with Gasteiger partial charge in [0.2, 0.25) is 0 Å². The smallest absolute Gasteiger partial charge is 0.110 e. The van der Waals surface area contributed by atoms with Crippen molar-refractivity contribution in [1.82, 2.24) is 14.5 Å². The van der Waals surface area contributed by atoms with E-state index in [1.165, 1.54) is 0 Å². The molecular weight excluding hydrogens is 258 g/mol. The zero-order valence-corrected chi connectivity index (χ0v) is 11.2. The van der Waals surface area contributed by atoms with Crippen molar-refractivity contribution < 1.29 is 0 Å². The van der Waals surface area contributed by atoms with Crippen molar-refractivity contribution in [3.05, 3.63) is 65.8 Å². The number of halogens is 1. The average Bonchev–Trinajstić information content (AvgIpc) is 2.83. The van der Waals surface area contributed by atoms with Gasteiger partial charge in [0, 0.05) is 34.9 Å². The van der Waals surface area contributed by atoms with E-state index in [0.29, 0.717) is 0 Å². The fourth-order valence-electron chi connectivity index (χ4n) is 2.00. The number of hydrogen-bond acceptors (Lipinski definition) is 2. The highest BCUT2D eigenvalue weighted by atomic mass is 35.5. The second-order valence-corrected chi connectivity index (χ2v) is 4.69. The van der Waals surface area contributed by atoms with Crippen molar-refractivity contribution in [2.24, 2.45) is 0 Å². The SMILES string of the molecule is Cc1nc(-c2ccncc2)cn1-c1ccc(Cl)cc1. The molecule has 3 nitrogen and oxygen atoms in total. The molecule has 0 atom stereocenters. The van der Waals surface area contributed by atoms with Crippen LogP contribution < -0.4 is 0 Å². The fraction of sp³-hybridized carbons (Fsp3) is 0.0667. The minimum atomic E-state index is 0.732. The molecule has 0 fully saturated rings. The number of pyridine rings is 1. The number of aromatic nitrogens is 3. The third kappa shape index (κ3) is 2.37. The van der Waals surface area contributed by atoms with E-state index < -0.39 is 0 Å². The topological polar surface area (TPSA) is 30.7 Å². The number of hydrogen-bond donors (Lipinski definition) is 0. The van der Waals surface area contributed by atoms with Gasteiger partial charge in [0.05, 0.1) is 5.69 Å². The van der Waals surface area contributed by atoms with E-state index in [9.17, 15) is 0 Å². The Bertz CT molecular complexity index is 687. The molecule has 19 heavy (non-hydrogen) atoms. The Kier molecular flexibility index (Phi) is 3.05. The molecule has 4 heteroatoms. The van der Waals surface area contributed by atoms with Crippen LogP contribution in [0.1, 0.15) is 5.82 Å². The van der Waals surface area contributed by atoms with Crippen LogP contribution in [-0.2, 0) is 0 Å². The monoisotopic (exact) mass is 269 g/mol. The van der Waals surface area contributed by atoms with Crippen molar-refractivity contribution in [3.63, 3.8) is 0 Å². The summed E-state index contributed by atoms with van der Waals surface area (Å²) < 4.78 is 2.05. The third-order valence-corrected chi connectivity index (χ3v) is 3.22. The van der Waals surface area contributed by atoms with E-state index in [1.807, 2.05) is 54.1 Å². The highest BCUT2D eigenvalue weighted by molar-refractivity contribution is 6.30. The van der Waals surface area contributed by atoms with Crippen molar-refractivity contribution in [2.45, 2.75) is 6.92 Å². The van der Waals surface area contributed by atoms with Gasteiger partial charge >= 0.3 is 0 Å². The minimum absolute atomic E-state index is 0.732. The van der Waals surface area contributed by atoms with Crippen LogP contribution in [0.3, 0.4) is 0 Å². The van der Waals surface area contributed by atoms with Crippen LogP contribution in [0.4, 0.5) is 0 Å². The lowest BCUT2D eigenvalue weighted by molar-refractivity contribution is 0.975. The summed E-state index contributed by atoms with van der Waals surface area (Å²) in [4.78, 5) is 8.60. The Morgan fingerprint density at radius 3 is 2.37 bits per heavy atom. The molecule has 0 unspecified atom stereocenters. The first-order valence-corrected chi connectivity index (χ1v) is 6.34. The Morgan fingerprint density at radius 1 is 1.00 bits per heavy atom. The van der Waals surface area contributed by atoms with Gasteiger partial charge in [0.1, 0.15) is 5.82 Å². The summed E-state index contributed by atoms with van der Waals surface area (Å²) in [5, 5.41) is 0.732. The largest absolute Gasteiger partial charge is 0.303 e. The van der Waals surface area contributed by atoms with Gasteiger partial charge in [-0.05, 0) is 43.3 Å². The maximum absolute atomic E-state index is 5.91. The van der Waals surface area contributed by atoms with Crippen LogP contribution >= 0.6 is 11.6 Å². The molecule has 0 bridgehead atoms. The van der Waals surface area contributed by atoms with E-state index in [2.05, 4.69) is 9.97 Å². The third-order valence-electron chi connectivity index (χ3n) is 2.96. The molecule has 3 rings (SSSR count). The number of imidazole rings is 1. The summed E-state index contributed by atoms with van der Waals surface area (Å²) in [5.41, 5.74) is 3.05. The molecule has 0 amide bonds. The maximum atomic E-state index is 5.91. The summed E-state index contributed by atoms with van der Waals surface area (Å²) in [5.74, 6) is 0.939. The van der Waals surface area contributed by atoms with Gasteiger partial charge in [-0.15, -0.1) is 0 Å². The standard InChI is InChI=1S/C15H12ClN3/c1-11-18-15(12-6-8-17-9-7-12)10-19(11)14-4-2-13(16)3-5-14/h2-10H,1H3. The summed E-state index contributed by atoms with van der Waals surface area (Å²) >= 11 is 5.91. The maximum Gasteiger partial charge on any atom is 0.110 e. The number of benzene rings is 1. The summed E-state index contributed by atoms with van der Waals surface area (Å²) in [6, 6.07) is 11.6. The molecule has 0 saturated carbocycles. The van der Waals surface area contributed by atoms with Crippen LogP contribution in [0, 0.1) is 6.92 Å². The molecule has 0 radical (unpaired) electrons. The average molecular weight is 270 g/mol. The molecule has 0 aliphatic carbocycles. The van der Waals surface area contributed by atoms with Crippen molar-refractivity contribution in [2.75, 3.05) is 0 Å². The van der Waals surface area contributed by atoms with Gasteiger partial charge in [-0.2, -0.15) is 0 Å². The van der Waals surface area contributed by atoms with E-state index in [4.69, 9.17) is 11.6 Å². The molecule has 2 heterocycles. The van der Waals surface area contributed by atoms with E-state index in [-0.39, 0.29) is 0 Å². The van der Waals surface area contributed by atoms with Gasteiger partial charge in [-0.3, -0.25) is 4.98 Å². The Balaban J connectivity index is 2.05. The van der Waals surface area contributed by atoms with Gasteiger partial charge in [-0.1, -0.05) is 11.6 Å². The Hall–Kier alpha value is -2.13. The number of nitrogens with zero attached hydrogens (tertiary/aromatic N) is 3. The predicted octanol–water partition coefficient (Wildman–Crippen LogP) is 3.90. The highest BCUT2D eigenvalue weighted by Gasteiger charge is 2.07. The predicted molar refractivity (Wildman–Crippen MR) is 76.5 cm³/mol. The molecule has 0 spiro atoms. The van der Waals surface area contributed by atoms with Gasteiger partial charge < -0.3 is 4.57 Å². The van der Waals surface area contributed by atoms with Crippen LogP contribution in [0.5, 0.6) is 0 Å². The lowest BCUT2D eigenvalue weighted by Crippen LogP contribution is -1.94. The lowest BCUT2D eigenvalue weighted by Gasteiger charge is -2.03. The number of rotatable bonds is 2. The first-order valence-electron chi connectivity index (χ1n) is 5.96. The zero-order valence-electron chi connectivity index (χ0n) is 10.4. The van der Waals surface area contributed by atoms with Crippen molar-refractivity contribution in [3.8, 4) is 16.9 Å². The Labute approximate surface area is 116 Å². The Morgan fingerprint density at radius 2 is 1.68 bits per heavy atom. The molecule has 0 saturated heterocycles. The van der Waals surface area contributed by atoms with Crippen LogP contribution in [-0.4, -0.2) is 14.5 Å². The quantitative estimate of drug-likeness (QED) is 0.706. The van der Waals surface area contributed by atoms with E-state index in [1.54, 1.807) is 12.4 Å². The summed E-state index contributed by atoms with van der Waals surface area (Å²) in [7, 11) is 0. The molecule has 0 N–H and O–H groups in total. The fourth-order valence-corrected chi connectivity index (χ4v) is 2.12. The lowest BCUT2D eigenvalue weighted by atomic mass is 10.2. The second kappa shape index (κ2) is 4.86. The minimum Gasteiger partial charge on any atom is -0.303 e. The van der Waals surface area contributed by atoms with Crippen LogP contribution in [0.15, 0.2) is 55.0 Å². The summed E-state index contributed by atoms with van der Waals surface area (Å²) in [6.07, 6.45) is 5.56. The first kappa shape index (κ1) is 11.9. The molecule has 2 aromatic heterocycles. The molecule has 0 aliphatic rings. The first-order chi connectivity index (χ1) is 9.24. The molecular formula is C15H12ClN3. The van der Waals surface area contributed by atoms with Gasteiger partial charge in [0.15, 0.2) is 0 Å². The molecule has 3 aromatic rings. The van der Waals surface area contributed by atoms with Crippen molar-refractivity contribution >= 4 is 11.6 Å². The zero-order chi connectivity index (χ0) is 13.2. The van der Waals surface area contributed by atoms with Gasteiger partial charge in [-0.25, -0.2) is 4.98 Å². The van der Waals surface area contributed by atoms with Crippen LogP contribution in [0.2, 0.25) is 5.02 Å². The van der Waals surface area contributed by atoms with E-state index in [0.717, 1.165) is 27.8 Å². The molecule has 94 valence electrons.